The van der Waals surface area contributed by atoms with Gasteiger partial charge in [0.1, 0.15) is 42.3 Å². The lowest BCUT2D eigenvalue weighted by Gasteiger charge is -2.30. The Kier molecular flexibility index (Phi) is 23.6. The zero-order valence-corrected chi connectivity index (χ0v) is 43.5. The van der Waals surface area contributed by atoms with Gasteiger partial charge in [0.05, 0.1) is 6.04 Å². The summed E-state index contributed by atoms with van der Waals surface area (Å²) >= 11 is 11.8. The second-order valence-electron chi connectivity index (χ2n) is 17.4. The van der Waals surface area contributed by atoms with Gasteiger partial charge in [0.15, 0.2) is 11.9 Å². The molecule has 0 aliphatic carbocycles. The topological polar surface area (TPSA) is 398 Å². The number of nitrogens with zero attached hydrogens (tertiary/aromatic N) is 1. The number of carbonyl (C=O) groups excluding carboxylic acids is 7. The maximum absolute atomic E-state index is 14.6. The maximum atomic E-state index is 14.6. The number of carbonyl (C=O) groups is 8. The molecule has 0 bridgehead atoms. The highest BCUT2D eigenvalue weighted by molar-refractivity contribution is 9.09. The summed E-state index contributed by atoms with van der Waals surface area (Å²) in [4.78, 5) is 113. The number of hydrogen-bond donors (Lipinski definition) is 17. The minimum absolute atomic E-state index is 0.0330. The number of H-pyrrole nitrogens is 1. The minimum atomic E-state index is -1.41. The minimum Gasteiger partial charge on any atom is -0.480 e. The van der Waals surface area contributed by atoms with Gasteiger partial charge in [-0.25, -0.2) is 4.79 Å². The van der Waals surface area contributed by atoms with Crippen LogP contribution in [0.2, 0.25) is 0 Å². The Hall–Kier alpha value is -6.58. The lowest BCUT2D eigenvalue weighted by Crippen LogP contribution is -2.60. The first kappa shape index (κ1) is 59.0. The number of amides is 7. The van der Waals surface area contributed by atoms with Crippen LogP contribution in [0.5, 0.6) is 0 Å². The van der Waals surface area contributed by atoms with Crippen molar-refractivity contribution in [1.82, 2.24) is 52.4 Å². The summed E-state index contributed by atoms with van der Waals surface area (Å²) in [6, 6.07) is 6.06. The highest BCUT2D eigenvalue weighted by Crippen LogP contribution is 2.21. The predicted molar refractivity (Wildman–Crippen MR) is 284 cm³/mol. The molecule has 24 nitrogen and oxygen atoms in total. The van der Waals surface area contributed by atoms with E-state index in [4.69, 9.17) is 28.0 Å². The first-order valence-electron chi connectivity index (χ1n) is 23.4. The van der Waals surface area contributed by atoms with Crippen LogP contribution in [0.15, 0.2) is 60.8 Å². The molecule has 3 aromatic rings. The normalized spacial score (nSPS) is 16.5. The van der Waals surface area contributed by atoms with Gasteiger partial charge in [-0.05, 0) is 56.2 Å². The Labute approximate surface area is 441 Å². The highest BCUT2D eigenvalue weighted by Gasteiger charge is 2.39. The van der Waals surface area contributed by atoms with Gasteiger partial charge >= 0.3 is 5.97 Å². The molecule has 18 N–H and O–H groups in total. The number of thiol groups is 2. The van der Waals surface area contributed by atoms with Gasteiger partial charge < -0.3 is 74.7 Å². The van der Waals surface area contributed by atoms with E-state index in [1.807, 2.05) is 18.2 Å². The largest absolute Gasteiger partial charge is 0.480 e. The summed E-state index contributed by atoms with van der Waals surface area (Å²) in [7, 11) is 0. The standard InChI is InChI=1S/C46H66BrN15O9S2/c1-24(56-41(67)34(22-72)60-37(63)29(48)12-7-15-53-45(49)50)43(69)62-16-8-14-36(62)42(68)59-31(17-25-9-3-2-4-10-25)38(64)58-33(19-27(47)21-55-46(51)52)40(66)57-32(39(65)61-35(23-73)44(70)71)18-26-20-54-30-13-6-5-11-28(26)30/h2-6,9-11,13,20,24,27,29,31-36,54,72-73H,7-8,12,14-19,21-23,48H2,1H3,(H,56,67)(H,57,66)(H,58,64)(H,59,68)(H,60,63)(H,61,65)(H,70,71)(H4,49,50,53)(H4,51,52,55)/t24-,27?,29+,31-,32-,33+,34+,35+,36+/m1/s1. The van der Waals surface area contributed by atoms with Crippen LogP contribution in [0, 0.1) is 10.8 Å². The number of likely N-dealkylation sites (tertiary alicyclic amines) is 1. The molecular weight excluding hydrogens is 1050 g/mol. The van der Waals surface area contributed by atoms with Crippen molar-refractivity contribution in [3.63, 3.8) is 0 Å². The van der Waals surface area contributed by atoms with Gasteiger partial charge in [0, 0.05) is 65.9 Å². The number of nitrogens with two attached hydrogens (primary N) is 3. The first-order chi connectivity index (χ1) is 34.7. The Morgan fingerprint density at radius 1 is 0.767 bits per heavy atom. The second kappa shape index (κ2) is 29.2. The third-order valence-corrected chi connectivity index (χ3v) is 13.2. The van der Waals surface area contributed by atoms with Crippen molar-refractivity contribution in [2.45, 2.75) is 105 Å². The number of aliphatic carboxylic acids is 1. The number of halogens is 1. The summed E-state index contributed by atoms with van der Waals surface area (Å²) in [6.45, 7) is 1.92. The Morgan fingerprint density at radius 3 is 1.99 bits per heavy atom. The monoisotopic (exact) mass is 1120 g/mol. The van der Waals surface area contributed by atoms with Gasteiger partial charge in [-0.1, -0.05) is 64.5 Å². The molecule has 0 spiro atoms. The molecule has 1 aliphatic rings. The van der Waals surface area contributed by atoms with Crippen LogP contribution in [0.1, 0.15) is 50.2 Å². The number of aromatic nitrogens is 1. The molecule has 2 heterocycles. The van der Waals surface area contributed by atoms with E-state index in [2.05, 4.69) is 88.7 Å². The van der Waals surface area contributed by atoms with Gasteiger partial charge in [0.2, 0.25) is 41.4 Å². The molecule has 73 heavy (non-hydrogen) atoms. The van der Waals surface area contributed by atoms with Crippen molar-refractivity contribution in [3.8, 4) is 0 Å². The third kappa shape index (κ3) is 18.5. The fraction of sp³-hybridized carbons (Fsp3) is 0.478. The number of alkyl halides is 1. The quantitative estimate of drug-likeness (QED) is 0.0124. The lowest BCUT2D eigenvalue weighted by atomic mass is 10.0. The number of carboxylic acids is 1. The number of nitrogens with one attached hydrogen (secondary N) is 11. The van der Waals surface area contributed by atoms with Crippen LogP contribution in [0.25, 0.3) is 10.9 Å². The lowest BCUT2D eigenvalue weighted by molar-refractivity contribution is -0.142. The summed E-state index contributed by atoms with van der Waals surface area (Å²) < 4.78 is 0. The van der Waals surface area contributed by atoms with Crippen molar-refractivity contribution >= 4 is 111 Å². The van der Waals surface area contributed by atoms with E-state index in [1.165, 1.54) is 11.8 Å². The fourth-order valence-electron chi connectivity index (χ4n) is 7.93. The van der Waals surface area contributed by atoms with Crippen molar-refractivity contribution in [1.29, 1.82) is 10.8 Å². The number of rotatable bonds is 28. The number of carboxylic acid groups (broad SMARTS) is 1. The van der Waals surface area contributed by atoms with Crippen molar-refractivity contribution < 1.29 is 43.5 Å². The van der Waals surface area contributed by atoms with Crippen LogP contribution in [0.4, 0.5) is 0 Å². The molecule has 9 atom stereocenters. The average Bonchev–Trinajstić information content (AvgIpc) is 4.02. The zero-order chi connectivity index (χ0) is 53.8. The molecule has 27 heteroatoms. The summed E-state index contributed by atoms with van der Waals surface area (Å²) in [6.07, 6.45) is 2.63. The molecule has 4 rings (SSSR count). The first-order valence-corrected chi connectivity index (χ1v) is 25.6. The van der Waals surface area contributed by atoms with Crippen LogP contribution >= 0.6 is 41.2 Å². The molecule has 1 unspecified atom stereocenters. The van der Waals surface area contributed by atoms with E-state index in [9.17, 15) is 43.5 Å². The molecule has 1 saturated heterocycles. The molecule has 1 aromatic heterocycles. The maximum Gasteiger partial charge on any atom is 0.327 e. The van der Waals surface area contributed by atoms with Crippen LogP contribution < -0.4 is 59.7 Å². The highest BCUT2D eigenvalue weighted by atomic mass is 79.9. The molecular formula is C46H66BrN15O9S2. The van der Waals surface area contributed by atoms with Gasteiger partial charge in [-0.15, -0.1) is 0 Å². The SMILES string of the molecule is C[C@@H](NC(=O)[C@H](CS)NC(=O)[C@@H](N)CCCNC(=N)N)C(=O)N1CCC[C@H]1C(=O)N[C@H](Cc1ccccc1)C(=O)N[C@@H](CC(Br)CNC(=N)N)C(=O)N[C@H](Cc1c[nH]c2ccccc12)C(=O)N[C@@H](CS)C(=O)O. The van der Waals surface area contributed by atoms with E-state index < -0.39 is 100 Å². The summed E-state index contributed by atoms with van der Waals surface area (Å²) in [5.41, 5.74) is 18.8. The van der Waals surface area contributed by atoms with E-state index in [1.54, 1.807) is 42.6 Å². The predicted octanol–water partition coefficient (Wildman–Crippen LogP) is -1.96. The van der Waals surface area contributed by atoms with Gasteiger partial charge in [-0.2, -0.15) is 25.3 Å². The van der Waals surface area contributed by atoms with Crippen LogP contribution in [-0.4, -0.2) is 159 Å². The number of guanidine groups is 2. The smallest absolute Gasteiger partial charge is 0.327 e. The summed E-state index contributed by atoms with van der Waals surface area (Å²) in [5.74, 6) is -7.44. The van der Waals surface area contributed by atoms with Crippen molar-refractivity contribution in [2.75, 3.05) is 31.1 Å². The van der Waals surface area contributed by atoms with Gasteiger partial charge in [0.25, 0.3) is 0 Å². The number of aromatic amines is 1. The number of hydrogen-bond acceptors (Lipinski definition) is 13. The molecule has 398 valence electrons. The Morgan fingerprint density at radius 2 is 1.34 bits per heavy atom. The molecule has 7 amide bonds. The molecule has 0 saturated carbocycles. The Balaban J connectivity index is 1.55. The summed E-state index contributed by atoms with van der Waals surface area (Å²) in [5, 5.41) is 46.4. The molecule has 2 aromatic carbocycles. The molecule has 1 aliphatic heterocycles. The van der Waals surface area contributed by atoms with E-state index in [0.717, 1.165) is 10.9 Å². The second-order valence-corrected chi connectivity index (χ2v) is 19.4. The number of benzene rings is 2. The van der Waals surface area contributed by atoms with Crippen molar-refractivity contribution in [2.24, 2.45) is 17.2 Å². The zero-order valence-electron chi connectivity index (χ0n) is 40.1. The molecule has 0 radical (unpaired) electrons. The van der Waals surface area contributed by atoms with E-state index >= 15 is 0 Å². The van der Waals surface area contributed by atoms with E-state index in [0.29, 0.717) is 30.5 Å². The van der Waals surface area contributed by atoms with Crippen molar-refractivity contribution in [3.05, 3.63) is 71.9 Å². The van der Waals surface area contributed by atoms with Crippen LogP contribution in [-0.2, 0) is 51.2 Å². The van der Waals surface area contributed by atoms with Gasteiger partial charge in [-0.3, -0.25) is 44.4 Å². The fourth-order valence-corrected chi connectivity index (χ4v) is 8.97. The number of para-hydroxylation sites is 1. The number of fused-ring (bicyclic) bond motifs is 1. The van der Waals surface area contributed by atoms with E-state index in [-0.39, 0.29) is 68.6 Å². The average molecular weight is 1120 g/mol. The Bertz CT molecular complexity index is 2440. The van der Waals surface area contributed by atoms with Crippen LogP contribution in [0.3, 0.4) is 0 Å². The third-order valence-electron chi connectivity index (χ3n) is 11.8. The molecule has 1 fully saturated rings.